The quantitative estimate of drug-likeness (QED) is 0.725. The average Bonchev–Trinajstić information content (AvgIpc) is 2.68. The van der Waals surface area contributed by atoms with Crippen molar-refractivity contribution in [2.45, 2.75) is 45.4 Å². The Morgan fingerprint density at radius 2 is 1.86 bits per heavy atom. The molecule has 0 aliphatic carbocycles. The van der Waals surface area contributed by atoms with E-state index in [1.165, 1.54) is 5.56 Å². The Balaban J connectivity index is 1.45. The number of benzene rings is 2. The standard InChI is InChI=1S/C22H26Cl2N2O2/c1-15-3-8-20(24)21(13-15)28-16(2)22(27)25-19-9-11-26(12-10-19)14-17-4-6-18(23)7-5-17/h3-8,13,16,19H,9-12,14H2,1-2H3,(H,25,27). The number of nitrogens with zero attached hydrogens (tertiary/aromatic N) is 1. The van der Waals surface area contributed by atoms with Gasteiger partial charge in [-0.2, -0.15) is 0 Å². The van der Waals surface area contributed by atoms with Crippen molar-refractivity contribution in [3.05, 3.63) is 63.6 Å². The molecule has 1 aliphatic heterocycles. The van der Waals surface area contributed by atoms with Gasteiger partial charge in [0.2, 0.25) is 0 Å². The van der Waals surface area contributed by atoms with Crippen molar-refractivity contribution in [2.24, 2.45) is 0 Å². The molecule has 0 spiro atoms. The molecule has 3 rings (SSSR count). The number of piperidine rings is 1. The van der Waals surface area contributed by atoms with E-state index >= 15 is 0 Å². The van der Waals surface area contributed by atoms with Crippen molar-refractivity contribution in [3.63, 3.8) is 0 Å². The molecule has 150 valence electrons. The number of amides is 1. The summed E-state index contributed by atoms with van der Waals surface area (Å²) in [5, 5.41) is 4.39. The molecule has 2 aromatic carbocycles. The normalized spacial score (nSPS) is 16.6. The summed E-state index contributed by atoms with van der Waals surface area (Å²) in [7, 11) is 0. The number of carbonyl (C=O) groups is 1. The topological polar surface area (TPSA) is 41.6 Å². The fourth-order valence-electron chi connectivity index (χ4n) is 3.35. The Bertz CT molecular complexity index is 803. The van der Waals surface area contributed by atoms with E-state index in [0.29, 0.717) is 10.8 Å². The molecule has 0 aromatic heterocycles. The lowest BCUT2D eigenvalue weighted by Gasteiger charge is -2.33. The summed E-state index contributed by atoms with van der Waals surface area (Å²) in [6.07, 6.45) is 1.26. The number of hydrogen-bond donors (Lipinski definition) is 1. The Morgan fingerprint density at radius 1 is 1.18 bits per heavy atom. The van der Waals surface area contributed by atoms with Crippen molar-refractivity contribution < 1.29 is 9.53 Å². The van der Waals surface area contributed by atoms with E-state index in [2.05, 4.69) is 22.3 Å². The van der Waals surface area contributed by atoms with Crippen LogP contribution in [0.3, 0.4) is 0 Å². The van der Waals surface area contributed by atoms with Crippen LogP contribution in [0.1, 0.15) is 30.9 Å². The lowest BCUT2D eigenvalue weighted by molar-refractivity contribution is -0.128. The van der Waals surface area contributed by atoms with Crippen LogP contribution in [0.15, 0.2) is 42.5 Å². The summed E-state index contributed by atoms with van der Waals surface area (Å²) in [5.74, 6) is 0.441. The van der Waals surface area contributed by atoms with E-state index in [9.17, 15) is 4.79 Å². The molecule has 1 saturated heterocycles. The number of hydrogen-bond acceptors (Lipinski definition) is 3. The van der Waals surface area contributed by atoms with Gasteiger partial charge >= 0.3 is 0 Å². The van der Waals surface area contributed by atoms with E-state index in [4.69, 9.17) is 27.9 Å². The van der Waals surface area contributed by atoms with Gasteiger partial charge in [-0.25, -0.2) is 0 Å². The highest BCUT2D eigenvalue weighted by molar-refractivity contribution is 6.32. The molecule has 1 unspecified atom stereocenters. The summed E-state index contributed by atoms with van der Waals surface area (Å²) >= 11 is 12.1. The van der Waals surface area contributed by atoms with Crippen LogP contribution in [0.5, 0.6) is 5.75 Å². The third kappa shape index (κ3) is 5.87. The van der Waals surface area contributed by atoms with Crippen LogP contribution in [0.2, 0.25) is 10.0 Å². The average molecular weight is 421 g/mol. The molecule has 1 aliphatic rings. The highest BCUT2D eigenvalue weighted by Gasteiger charge is 2.24. The van der Waals surface area contributed by atoms with Gasteiger partial charge in [0.1, 0.15) is 5.75 Å². The lowest BCUT2D eigenvalue weighted by Crippen LogP contribution is -2.47. The zero-order chi connectivity index (χ0) is 20.1. The first kappa shape index (κ1) is 21.0. The summed E-state index contributed by atoms with van der Waals surface area (Å²) in [6.45, 7) is 6.53. The van der Waals surface area contributed by atoms with Gasteiger partial charge in [-0.05, 0) is 62.1 Å². The van der Waals surface area contributed by atoms with Crippen LogP contribution in [0.4, 0.5) is 0 Å². The monoisotopic (exact) mass is 420 g/mol. The van der Waals surface area contributed by atoms with Gasteiger partial charge in [0, 0.05) is 30.7 Å². The predicted molar refractivity (Wildman–Crippen MR) is 114 cm³/mol. The van der Waals surface area contributed by atoms with Crippen LogP contribution in [-0.2, 0) is 11.3 Å². The molecule has 2 aromatic rings. The SMILES string of the molecule is Cc1ccc(Cl)c(OC(C)C(=O)NC2CCN(Cc3ccc(Cl)cc3)CC2)c1. The Morgan fingerprint density at radius 3 is 2.54 bits per heavy atom. The molecule has 28 heavy (non-hydrogen) atoms. The van der Waals surface area contributed by atoms with Gasteiger partial charge < -0.3 is 10.1 Å². The summed E-state index contributed by atoms with van der Waals surface area (Å²) < 4.78 is 5.77. The Kier molecular flexibility index (Phi) is 7.22. The number of aryl methyl sites for hydroxylation is 1. The number of carbonyl (C=O) groups excluding carboxylic acids is 1. The molecule has 1 heterocycles. The van der Waals surface area contributed by atoms with Crippen molar-refractivity contribution in [2.75, 3.05) is 13.1 Å². The Labute approximate surface area is 176 Å². The number of likely N-dealkylation sites (tertiary alicyclic amines) is 1. The number of ether oxygens (including phenoxy) is 1. The van der Waals surface area contributed by atoms with Crippen LogP contribution in [-0.4, -0.2) is 36.0 Å². The zero-order valence-corrected chi connectivity index (χ0v) is 17.8. The molecule has 1 N–H and O–H groups in total. The second-order valence-electron chi connectivity index (χ2n) is 7.38. The van der Waals surface area contributed by atoms with Crippen LogP contribution in [0.25, 0.3) is 0 Å². The summed E-state index contributed by atoms with van der Waals surface area (Å²) in [6, 6.07) is 13.7. The first-order valence-corrected chi connectivity index (χ1v) is 10.4. The number of rotatable bonds is 6. The first-order valence-electron chi connectivity index (χ1n) is 9.60. The van der Waals surface area contributed by atoms with Gasteiger partial charge in [0.25, 0.3) is 5.91 Å². The largest absolute Gasteiger partial charge is 0.479 e. The van der Waals surface area contributed by atoms with Crippen LogP contribution in [0, 0.1) is 6.92 Å². The van der Waals surface area contributed by atoms with Crippen molar-refractivity contribution in [3.8, 4) is 5.75 Å². The highest BCUT2D eigenvalue weighted by atomic mass is 35.5. The highest BCUT2D eigenvalue weighted by Crippen LogP contribution is 2.26. The van der Waals surface area contributed by atoms with Crippen molar-refractivity contribution in [1.29, 1.82) is 0 Å². The predicted octanol–water partition coefficient (Wildman–Crippen LogP) is 4.85. The van der Waals surface area contributed by atoms with Crippen LogP contribution < -0.4 is 10.1 Å². The van der Waals surface area contributed by atoms with Gasteiger partial charge in [-0.3, -0.25) is 9.69 Å². The maximum atomic E-state index is 12.5. The lowest BCUT2D eigenvalue weighted by atomic mass is 10.0. The second kappa shape index (κ2) is 9.64. The molecule has 1 fully saturated rings. The van der Waals surface area contributed by atoms with Gasteiger partial charge in [-0.1, -0.05) is 41.4 Å². The number of halogens is 2. The molecule has 0 bridgehead atoms. The first-order chi connectivity index (χ1) is 13.4. The summed E-state index contributed by atoms with van der Waals surface area (Å²) in [5.41, 5.74) is 2.30. The van der Waals surface area contributed by atoms with Crippen molar-refractivity contribution in [1.82, 2.24) is 10.2 Å². The van der Waals surface area contributed by atoms with Gasteiger partial charge in [0.15, 0.2) is 6.10 Å². The molecule has 0 saturated carbocycles. The molecule has 0 radical (unpaired) electrons. The molecule has 6 heteroatoms. The smallest absolute Gasteiger partial charge is 0.260 e. The maximum absolute atomic E-state index is 12.5. The van der Waals surface area contributed by atoms with Gasteiger partial charge in [-0.15, -0.1) is 0 Å². The zero-order valence-electron chi connectivity index (χ0n) is 16.3. The van der Waals surface area contributed by atoms with E-state index < -0.39 is 6.10 Å². The fourth-order valence-corrected chi connectivity index (χ4v) is 3.63. The van der Waals surface area contributed by atoms with E-state index in [1.807, 2.05) is 31.2 Å². The maximum Gasteiger partial charge on any atom is 0.260 e. The minimum absolute atomic E-state index is 0.103. The third-order valence-electron chi connectivity index (χ3n) is 5.01. The van der Waals surface area contributed by atoms with Crippen molar-refractivity contribution >= 4 is 29.1 Å². The van der Waals surface area contributed by atoms with Crippen LogP contribution >= 0.6 is 23.2 Å². The molecular formula is C22H26Cl2N2O2. The minimum Gasteiger partial charge on any atom is -0.479 e. The second-order valence-corrected chi connectivity index (χ2v) is 8.22. The fraction of sp³-hybridized carbons (Fsp3) is 0.409. The minimum atomic E-state index is -0.591. The molecule has 1 atom stereocenters. The van der Waals surface area contributed by atoms with E-state index in [1.54, 1.807) is 13.0 Å². The Hall–Kier alpha value is -1.75. The van der Waals surface area contributed by atoms with Gasteiger partial charge in [0.05, 0.1) is 5.02 Å². The molecular weight excluding hydrogens is 395 g/mol. The third-order valence-corrected chi connectivity index (χ3v) is 5.58. The van der Waals surface area contributed by atoms with E-state index in [0.717, 1.165) is 43.1 Å². The summed E-state index contributed by atoms with van der Waals surface area (Å²) in [4.78, 5) is 14.9. The van der Waals surface area contributed by atoms with E-state index in [-0.39, 0.29) is 11.9 Å². The molecule has 4 nitrogen and oxygen atoms in total. The number of nitrogens with one attached hydrogen (secondary N) is 1. The molecule has 1 amide bonds.